The minimum atomic E-state index is -0.828. The van der Waals surface area contributed by atoms with Crippen LogP contribution < -0.4 is 0 Å². The molecule has 1 fully saturated rings. The zero-order valence-electron chi connectivity index (χ0n) is 8.03. The summed E-state index contributed by atoms with van der Waals surface area (Å²) in [7, 11) is 0. The molecule has 4 heteroatoms. The smallest absolute Gasteiger partial charge is 0.311 e. The van der Waals surface area contributed by atoms with Gasteiger partial charge in [-0.05, 0) is 13.3 Å². The maximum Gasteiger partial charge on any atom is 0.311 e. The molecule has 1 unspecified atom stereocenters. The van der Waals surface area contributed by atoms with Crippen LogP contribution in [0.3, 0.4) is 0 Å². The molecule has 0 aromatic heterocycles. The molecule has 0 bridgehead atoms. The van der Waals surface area contributed by atoms with E-state index in [4.69, 9.17) is 14.6 Å². The highest BCUT2D eigenvalue weighted by molar-refractivity contribution is 5.70. The van der Waals surface area contributed by atoms with Crippen LogP contribution in [0.1, 0.15) is 33.1 Å². The van der Waals surface area contributed by atoms with Crippen LogP contribution in [0.4, 0.5) is 0 Å². The number of hydrogen-bond donors (Lipinski definition) is 1. The van der Waals surface area contributed by atoms with Gasteiger partial charge in [-0.2, -0.15) is 0 Å². The van der Waals surface area contributed by atoms with Crippen molar-refractivity contribution < 1.29 is 19.4 Å². The first-order valence-corrected chi connectivity index (χ1v) is 4.69. The van der Waals surface area contributed by atoms with E-state index in [0.29, 0.717) is 6.42 Å². The van der Waals surface area contributed by atoms with Crippen LogP contribution in [0.25, 0.3) is 0 Å². The van der Waals surface area contributed by atoms with Crippen molar-refractivity contribution in [2.45, 2.75) is 45.7 Å². The Balaban J connectivity index is 2.34. The molecular formula is C9H16O4. The van der Waals surface area contributed by atoms with Crippen LogP contribution in [0.15, 0.2) is 0 Å². The molecule has 1 heterocycles. The summed E-state index contributed by atoms with van der Waals surface area (Å²) in [4.78, 5) is 10.8. The van der Waals surface area contributed by atoms with Crippen molar-refractivity contribution >= 4 is 5.97 Å². The Morgan fingerprint density at radius 1 is 1.54 bits per heavy atom. The molecule has 1 atom stereocenters. The molecule has 1 saturated heterocycles. The fourth-order valence-corrected chi connectivity index (χ4v) is 1.38. The zero-order chi connectivity index (χ0) is 9.84. The largest absolute Gasteiger partial charge is 0.481 e. The van der Waals surface area contributed by atoms with Crippen molar-refractivity contribution in [3.63, 3.8) is 0 Å². The van der Waals surface area contributed by atoms with Gasteiger partial charge in [0.1, 0.15) is 5.92 Å². The molecule has 13 heavy (non-hydrogen) atoms. The lowest BCUT2D eigenvalue weighted by Crippen LogP contribution is -2.46. The number of hydrogen-bond acceptors (Lipinski definition) is 3. The topological polar surface area (TPSA) is 55.8 Å². The summed E-state index contributed by atoms with van der Waals surface area (Å²) >= 11 is 0. The highest BCUT2D eigenvalue weighted by atomic mass is 16.9. The normalized spacial score (nSPS) is 29.4. The number of carboxylic acid groups (broad SMARTS) is 1. The molecule has 0 radical (unpaired) electrons. The van der Waals surface area contributed by atoms with Crippen molar-refractivity contribution in [1.82, 2.24) is 0 Å². The van der Waals surface area contributed by atoms with Gasteiger partial charge in [0.15, 0.2) is 12.6 Å². The van der Waals surface area contributed by atoms with Crippen molar-refractivity contribution in [1.29, 1.82) is 0 Å². The Morgan fingerprint density at radius 2 is 2.15 bits per heavy atom. The van der Waals surface area contributed by atoms with Crippen LogP contribution in [-0.2, 0) is 14.3 Å². The number of unbranched alkanes of at least 4 members (excludes halogenated alkanes) is 1. The van der Waals surface area contributed by atoms with Gasteiger partial charge >= 0.3 is 5.97 Å². The molecule has 0 amide bonds. The number of ether oxygens (including phenoxy) is 2. The van der Waals surface area contributed by atoms with Crippen LogP contribution in [-0.4, -0.2) is 23.7 Å². The van der Waals surface area contributed by atoms with E-state index >= 15 is 0 Å². The van der Waals surface area contributed by atoms with Gasteiger partial charge in [-0.3, -0.25) is 4.79 Å². The maximum atomic E-state index is 10.8. The lowest BCUT2D eigenvalue weighted by Gasteiger charge is -2.37. The third kappa shape index (κ3) is 2.67. The Kier molecular flexibility index (Phi) is 3.69. The Hall–Kier alpha value is -0.610. The van der Waals surface area contributed by atoms with Crippen LogP contribution in [0, 0.1) is 5.92 Å². The van der Waals surface area contributed by atoms with E-state index in [-0.39, 0.29) is 6.29 Å². The predicted octanol–water partition coefficient (Wildman–Crippen LogP) is 1.60. The summed E-state index contributed by atoms with van der Waals surface area (Å²) in [5.74, 6) is -1.33. The summed E-state index contributed by atoms with van der Waals surface area (Å²) in [6.45, 7) is 3.79. The molecule has 4 nitrogen and oxygen atoms in total. The molecule has 0 spiro atoms. The molecule has 1 aliphatic heterocycles. The van der Waals surface area contributed by atoms with Gasteiger partial charge in [0.2, 0.25) is 0 Å². The molecule has 1 aliphatic rings. The average Bonchev–Trinajstić information content (AvgIpc) is 2.01. The second-order valence-corrected chi connectivity index (χ2v) is 3.30. The minimum Gasteiger partial charge on any atom is -0.481 e. The van der Waals surface area contributed by atoms with Gasteiger partial charge < -0.3 is 14.6 Å². The van der Waals surface area contributed by atoms with Gasteiger partial charge in [0.25, 0.3) is 0 Å². The number of carboxylic acids is 1. The van der Waals surface area contributed by atoms with Crippen LogP contribution in [0.2, 0.25) is 0 Å². The molecule has 1 N–H and O–H groups in total. The summed E-state index contributed by atoms with van der Waals surface area (Å²) in [5.41, 5.74) is 0. The fraction of sp³-hybridized carbons (Fsp3) is 0.889. The van der Waals surface area contributed by atoms with E-state index in [9.17, 15) is 4.79 Å². The van der Waals surface area contributed by atoms with Crippen LogP contribution in [0.5, 0.6) is 0 Å². The highest BCUT2D eigenvalue weighted by Crippen LogP contribution is 2.26. The van der Waals surface area contributed by atoms with E-state index in [1.165, 1.54) is 0 Å². The summed E-state index contributed by atoms with van der Waals surface area (Å²) < 4.78 is 10.3. The summed E-state index contributed by atoms with van der Waals surface area (Å²) in [6, 6.07) is 0. The van der Waals surface area contributed by atoms with Crippen molar-refractivity contribution in [3.05, 3.63) is 0 Å². The Bertz CT molecular complexity index is 174. The molecule has 0 aromatic carbocycles. The molecular weight excluding hydrogens is 172 g/mol. The number of carbonyl (C=O) groups is 1. The quantitative estimate of drug-likeness (QED) is 0.712. The van der Waals surface area contributed by atoms with E-state index in [1.807, 2.05) is 6.92 Å². The van der Waals surface area contributed by atoms with E-state index in [2.05, 4.69) is 0 Å². The second-order valence-electron chi connectivity index (χ2n) is 3.30. The molecule has 0 aromatic rings. The lowest BCUT2D eigenvalue weighted by atomic mass is 10.0. The highest BCUT2D eigenvalue weighted by Gasteiger charge is 2.38. The Morgan fingerprint density at radius 3 is 2.54 bits per heavy atom. The van der Waals surface area contributed by atoms with Crippen molar-refractivity contribution in [2.75, 3.05) is 0 Å². The average molecular weight is 188 g/mol. The minimum absolute atomic E-state index is 0.242. The maximum absolute atomic E-state index is 10.8. The lowest BCUT2D eigenvalue weighted by molar-refractivity contribution is -0.389. The first kappa shape index (κ1) is 10.5. The van der Waals surface area contributed by atoms with Crippen molar-refractivity contribution in [3.8, 4) is 0 Å². The van der Waals surface area contributed by atoms with Crippen LogP contribution >= 0.6 is 0 Å². The standard InChI is InChI=1S/C9H16O4/c1-3-4-5-7(8(10)11)9-12-6(2)13-9/h6-7,9H,3-5H2,1-2H3,(H,10,11). The number of aliphatic carboxylic acids is 1. The summed E-state index contributed by atoms with van der Waals surface area (Å²) in [5, 5.41) is 8.86. The first-order valence-electron chi connectivity index (χ1n) is 4.69. The SMILES string of the molecule is CCCCC(C(=O)O)C1OC(C)O1. The molecule has 1 rings (SSSR count). The van der Waals surface area contributed by atoms with E-state index < -0.39 is 18.2 Å². The van der Waals surface area contributed by atoms with Crippen molar-refractivity contribution in [2.24, 2.45) is 5.92 Å². The third-order valence-electron chi connectivity index (χ3n) is 2.17. The van der Waals surface area contributed by atoms with Gasteiger partial charge in [-0.25, -0.2) is 0 Å². The fourth-order valence-electron chi connectivity index (χ4n) is 1.38. The Labute approximate surface area is 77.8 Å². The molecule has 76 valence electrons. The molecule has 0 saturated carbocycles. The monoisotopic (exact) mass is 188 g/mol. The third-order valence-corrected chi connectivity index (χ3v) is 2.17. The number of rotatable bonds is 5. The molecule has 0 aliphatic carbocycles. The second kappa shape index (κ2) is 4.58. The first-order chi connectivity index (χ1) is 6.15. The summed E-state index contributed by atoms with van der Waals surface area (Å²) in [6.07, 6.45) is 1.75. The van der Waals surface area contributed by atoms with Gasteiger partial charge in [0.05, 0.1) is 0 Å². The van der Waals surface area contributed by atoms with E-state index in [1.54, 1.807) is 6.92 Å². The van der Waals surface area contributed by atoms with Gasteiger partial charge in [0, 0.05) is 0 Å². The zero-order valence-corrected chi connectivity index (χ0v) is 8.03. The van der Waals surface area contributed by atoms with E-state index in [0.717, 1.165) is 12.8 Å². The predicted molar refractivity (Wildman–Crippen MR) is 46.1 cm³/mol. The van der Waals surface area contributed by atoms with Gasteiger partial charge in [-0.1, -0.05) is 19.8 Å². The van der Waals surface area contributed by atoms with Gasteiger partial charge in [-0.15, -0.1) is 0 Å².